The number of alkyl halides is 1. The summed E-state index contributed by atoms with van der Waals surface area (Å²) in [5.74, 6) is 0.698. The summed E-state index contributed by atoms with van der Waals surface area (Å²) in [4.78, 5) is 0. The fraction of sp³-hybridized carbons (Fsp3) is 1.00. The van der Waals surface area contributed by atoms with Crippen molar-refractivity contribution in [3.8, 4) is 0 Å². The van der Waals surface area contributed by atoms with Gasteiger partial charge in [-0.15, -0.1) is 0 Å². The highest BCUT2D eigenvalue weighted by Crippen LogP contribution is 2.12. The molecule has 0 aliphatic rings. The molecule has 0 saturated heterocycles. The smallest absolute Gasteiger partial charge is 0.0547 e. The summed E-state index contributed by atoms with van der Waals surface area (Å²) in [6, 6.07) is 0. The van der Waals surface area contributed by atoms with Gasteiger partial charge in [-0.2, -0.15) is 0 Å². The van der Waals surface area contributed by atoms with E-state index in [4.69, 9.17) is 4.74 Å². The normalized spacial score (nSPS) is 15.7. The Labute approximate surface area is 91.4 Å². The van der Waals surface area contributed by atoms with Crippen molar-refractivity contribution in [1.82, 2.24) is 0 Å². The molecule has 0 heterocycles. The molecule has 0 aliphatic carbocycles. The molecule has 0 aromatic heterocycles. The van der Waals surface area contributed by atoms with E-state index in [1.165, 1.54) is 25.7 Å². The highest BCUT2D eigenvalue weighted by atomic mass is 79.9. The van der Waals surface area contributed by atoms with Gasteiger partial charge in [0.25, 0.3) is 0 Å². The van der Waals surface area contributed by atoms with E-state index in [-0.39, 0.29) is 0 Å². The number of rotatable bonds is 8. The third kappa shape index (κ3) is 7.51. The second-order valence-electron chi connectivity index (χ2n) is 3.74. The van der Waals surface area contributed by atoms with Crippen molar-refractivity contribution >= 4 is 15.9 Å². The molecule has 1 nitrogen and oxygen atoms in total. The molecule has 0 saturated carbocycles. The lowest BCUT2D eigenvalue weighted by Crippen LogP contribution is -2.16. The minimum Gasteiger partial charge on any atom is -0.378 e. The average molecular weight is 251 g/mol. The number of hydrogen-bond donors (Lipinski definition) is 0. The first-order valence-corrected chi connectivity index (χ1v) is 6.54. The zero-order valence-corrected chi connectivity index (χ0v) is 10.8. The van der Waals surface area contributed by atoms with Gasteiger partial charge >= 0.3 is 0 Å². The van der Waals surface area contributed by atoms with Gasteiger partial charge in [0.15, 0.2) is 0 Å². The molecule has 0 amide bonds. The Balaban J connectivity index is 3.46. The van der Waals surface area contributed by atoms with Crippen LogP contribution in [0.1, 0.15) is 46.5 Å². The number of halogens is 1. The molecule has 0 N–H and O–H groups in total. The topological polar surface area (TPSA) is 9.23 Å². The Kier molecular flexibility index (Phi) is 9.32. The van der Waals surface area contributed by atoms with Crippen molar-refractivity contribution in [2.45, 2.75) is 52.6 Å². The third-order valence-corrected chi connectivity index (χ3v) is 3.14. The molecule has 13 heavy (non-hydrogen) atoms. The summed E-state index contributed by atoms with van der Waals surface area (Å²) in [7, 11) is 0. The van der Waals surface area contributed by atoms with Crippen molar-refractivity contribution in [2.75, 3.05) is 11.9 Å². The second-order valence-corrected chi connectivity index (χ2v) is 4.39. The average Bonchev–Trinajstić information content (AvgIpc) is 2.12. The van der Waals surface area contributed by atoms with Crippen LogP contribution in [0.25, 0.3) is 0 Å². The van der Waals surface area contributed by atoms with E-state index < -0.39 is 0 Å². The summed E-state index contributed by atoms with van der Waals surface area (Å²) < 4.78 is 5.76. The summed E-state index contributed by atoms with van der Waals surface area (Å²) in [5, 5.41) is 1.07. The van der Waals surface area contributed by atoms with Crippen LogP contribution in [0.5, 0.6) is 0 Å². The molecule has 0 aromatic rings. The minimum absolute atomic E-state index is 0.434. The third-order valence-electron chi connectivity index (χ3n) is 2.23. The van der Waals surface area contributed by atoms with Crippen LogP contribution in [-0.4, -0.2) is 18.0 Å². The molecule has 2 atom stereocenters. The maximum atomic E-state index is 5.76. The molecule has 0 radical (unpaired) electrons. The van der Waals surface area contributed by atoms with Crippen LogP contribution in [0.15, 0.2) is 0 Å². The van der Waals surface area contributed by atoms with Gasteiger partial charge < -0.3 is 4.74 Å². The van der Waals surface area contributed by atoms with Gasteiger partial charge in [-0.3, -0.25) is 0 Å². The van der Waals surface area contributed by atoms with E-state index in [9.17, 15) is 0 Å². The first kappa shape index (κ1) is 13.4. The van der Waals surface area contributed by atoms with Crippen LogP contribution in [0.2, 0.25) is 0 Å². The van der Waals surface area contributed by atoms with Gasteiger partial charge in [0.1, 0.15) is 0 Å². The van der Waals surface area contributed by atoms with Crippen molar-refractivity contribution in [3.63, 3.8) is 0 Å². The summed E-state index contributed by atoms with van der Waals surface area (Å²) in [6.45, 7) is 7.51. The van der Waals surface area contributed by atoms with Gasteiger partial charge in [-0.05, 0) is 25.7 Å². The predicted octanol–water partition coefficient (Wildman–Crippen LogP) is 4.00. The zero-order valence-electron chi connectivity index (χ0n) is 9.18. The van der Waals surface area contributed by atoms with E-state index in [0.29, 0.717) is 12.0 Å². The largest absolute Gasteiger partial charge is 0.378 e. The minimum atomic E-state index is 0.434. The Morgan fingerprint density at radius 3 is 2.23 bits per heavy atom. The van der Waals surface area contributed by atoms with Crippen LogP contribution >= 0.6 is 15.9 Å². The summed E-state index contributed by atoms with van der Waals surface area (Å²) in [5.41, 5.74) is 0. The predicted molar refractivity (Wildman–Crippen MR) is 62.5 cm³/mol. The lowest BCUT2D eigenvalue weighted by molar-refractivity contribution is 0.0380. The van der Waals surface area contributed by atoms with E-state index in [1.54, 1.807) is 0 Å². The molecule has 0 aliphatic heterocycles. The fourth-order valence-corrected chi connectivity index (χ4v) is 1.91. The number of ether oxygens (including phenoxy) is 1. The first-order chi connectivity index (χ1) is 6.24. The van der Waals surface area contributed by atoms with Gasteiger partial charge in [0, 0.05) is 5.33 Å². The van der Waals surface area contributed by atoms with Crippen molar-refractivity contribution in [3.05, 3.63) is 0 Å². The quantitative estimate of drug-likeness (QED) is 0.592. The fourth-order valence-electron chi connectivity index (χ4n) is 1.40. The first-order valence-electron chi connectivity index (χ1n) is 5.42. The molecular weight excluding hydrogens is 228 g/mol. The highest BCUT2D eigenvalue weighted by molar-refractivity contribution is 9.09. The molecule has 0 bridgehead atoms. The molecule has 0 aromatic carbocycles. The van der Waals surface area contributed by atoms with Crippen molar-refractivity contribution in [2.24, 2.45) is 5.92 Å². The van der Waals surface area contributed by atoms with E-state index in [2.05, 4.69) is 36.7 Å². The maximum absolute atomic E-state index is 5.76. The second kappa shape index (κ2) is 9.01. The zero-order chi connectivity index (χ0) is 10.1. The molecule has 0 fully saturated rings. The van der Waals surface area contributed by atoms with Gasteiger partial charge in [0.05, 0.1) is 12.7 Å². The Hall–Kier alpha value is 0.440. The van der Waals surface area contributed by atoms with E-state index in [0.717, 1.165) is 11.9 Å². The van der Waals surface area contributed by atoms with Crippen LogP contribution < -0.4 is 0 Å². The lowest BCUT2D eigenvalue weighted by atomic mass is 10.1. The maximum Gasteiger partial charge on any atom is 0.0547 e. The SMILES string of the molecule is CCCC(CBr)COC(C)CCC. The number of hydrogen-bond acceptors (Lipinski definition) is 1. The molecule has 2 unspecified atom stereocenters. The lowest BCUT2D eigenvalue weighted by Gasteiger charge is -2.17. The van der Waals surface area contributed by atoms with E-state index in [1.807, 2.05) is 0 Å². The van der Waals surface area contributed by atoms with Crippen LogP contribution in [0.3, 0.4) is 0 Å². The van der Waals surface area contributed by atoms with Crippen molar-refractivity contribution in [1.29, 1.82) is 0 Å². The Morgan fingerprint density at radius 1 is 1.15 bits per heavy atom. The van der Waals surface area contributed by atoms with Crippen LogP contribution in [-0.2, 0) is 4.74 Å². The molecule has 2 heteroatoms. The van der Waals surface area contributed by atoms with Crippen LogP contribution in [0.4, 0.5) is 0 Å². The van der Waals surface area contributed by atoms with Gasteiger partial charge in [-0.1, -0.05) is 42.6 Å². The molecular formula is C11H23BrO. The summed E-state index contributed by atoms with van der Waals surface area (Å²) >= 11 is 3.53. The summed E-state index contributed by atoms with van der Waals surface area (Å²) in [6.07, 6.45) is 5.35. The Morgan fingerprint density at radius 2 is 1.77 bits per heavy atom. The molecule has 0 spiro atoms. The van der Waals surface area contributed by atoms with Gasteiger partial charge in [0.2, 0.25) is 0 Å². The van der Waals surface area contributed by atoms with Crippen molar-refractivity contribution < 1.29 is 4.74 Å². The monoisotopic (exact) mass is 250 g/mol. The van der Waals surface area contributed by atoms with E-state index >= 15 is 0 Å². The van der Waals surface area contributed by atoms with Gasteiger partial charge in [-0.25, -0.2) is 0 Å². The van der Waals surface area contributed by atoms with Crippen LogP contribution in [0, 0.1) is 5.92 Å². The standard InChI is InChI=1S/C11H23BrO/c1-4-6-10(3)13-9-11(8-12)7-5-2/h10-11H,4-9H2,1-3H3. The highest BCUT2D eigenvalue weighted by Gasteiger charge is 2.08. The Bertz CT molecular complexity index is 106. The molecule has 0 rings (SSSR count). The molecule has 80 valence electrons.